The van der Waals surface area contributed by atoms with Crippen molar-refractivity contribution in [2.45, 2.75) is 19.9 Å². The van der Waals surface area contributed by atoms with Crippen molar-refractivity contribution in [1.82, 2.24) is 10.6 Å². The summed E-state index contributed by atoms with van der Waals surface area (Å²) in [5, 5.41) is 7.12. The number of carbonyl (C=O) groups is 1. The predicted molar refractivity (Wildman–Crippen MR) is 71.6 cm³/mol. The van der Waals surface area contributed by atoms with E-state index < -0.39 is 0 Å². The molecule has 0 saturated carbocycles. The number of benzene rings is 1. The Balaban J connectivity index is 2.49. The first kappa shape index (κ1) is 14.3. The van der Waals surface area contributed by atoms with Crippen LogP contribution >= 0.6 is 23.2 Å². The fraction of sp³-hybridized carbons (Fsp3) is 0.417. The van der Waals surface area contributed by atoms with Gasteiger partial charge in [-0.2, -0.15) is 0 Å². The average molecular weight is 275 g/mol. The van der Waals surface area contributed by atoms with E-state index in [1.165, 1.54) is 6.92 Å². The van der Waals surface area contributed by atoms with Crippen molar-refractivity contribution in [3.63, 3.8) is 0 Å². The van der Waals surface area contributed by atoms with Gasteiger partial charge in [-0.3, -0.25) is 4.79 Å². The third-order valence-electron chi connectivity index (χ3n) is 2.40. The van der Waals surface area contributed by atoms with Crippen LogP contribution < -0.4 is 10.6 Å². The zero-order valence-corrected chi connectivity index (χ0v) is 11.4. The molecule has 1 aromatic carbocycles. The van der Waals surface area contributed by atoms with Crippen molar-refractivity contribution < 1.29 is 4.79 Å². The third-order valence-corrected chi connectivity index (χ3v) is 3.23. The fourth-order valence-electron chi connectivity index (χ4n) is 1.49. The van der Waals surface area contributed by atoms with E-state index in [4.69, 9.17) is 23.2 Å². The molecular formula is C12H16Cl2N2O. The largest absolute Gasteiger partial charge is 0.355 e. The molecule has 1 aromatic rings. The van der Waals surface area contributed by atoms with Crippen LogP contribution in [0.25, 0.3) is 0 Å². The van der Waals surface area contributed by atoms with Crippen LogP contribution in [0, 0.1) is 0 Å². The Kier molecular flexibility index (Phi) is 5.75. The molecule has 0 bridgehead atoms. The zero-order valence-electron chi connectivity index (χ0n) is 9.89. The van der Waals surface area contributed by atoms with Gasteiger partial charge in [-0.25, -0.2) is 0 Å². The molecule has 0 heterocycles. The summed E-state index contributed by atoms with van der Waals surface area (Å²) in [4.78, 5) is 10.7. The number of hydrogen-bond acceptors (Lipinski definition) is 2. The standard InChI is InChI=1S/C12H16Cl2N2O/c1-8(15-6-7-16-9(2)17)10-4-3-5-11(13)12(10)14/h3-5,8,15H,6-7H2,1-2H3,(H,16,17). The van der Waals surface area contributed by atoms with Crippen molar-refractivity contribution >= 4 is 29.1 Å². The molecule has 0 radical (unpaired) electrons. The molecule has 0 aromatic heterocycles. The van der Waals surface area contributed by atoms with Crippen molar-refractivity contribution in [2.75, 3.05) is 13.1 Å². The zero-order chi connectivity index (χ0) is 12.8. The minimum absolute atomic E-state index is 0.0276. The molecule has 1 atom stereocenters. The lowest BCUT2D eigenvalue weighted by Gasteiger charge is -2.16. The average Bonchev–Trinajstić information content (AvgIpc) is 2.27. The monoisotopic (exact) mass is 274 g/mol. The SMILES string of the molecule is CC(=O)NCCNC(C)c1cccc(Cl)c1Cl. The summed E-state index contributed by atoms with van der Waals surface area (Å²) < 4.78 is 0. The first-order valence-corrected chi connectivity index (χ1v) is 6.19. The smallest absolute Gasteiger partial charge is 0.216 e. The van der Waals surface area contributed by atoms with E-state index in [0.29, 0.717) is 23.1 Å². The highest BCUT2D eigenvalue weighted by Gasteiger charge is 2.10. The van der Waals surface area contributed by atoms with E-state index in [1.54, 1.807) is 6.07 Å². The molecule has 94 valence electrons. The van der Waals surface area contributed by atoms with Gasteiger partial charge in [0.1, 0.15) is 0 Å². The van der Waals surface area contributed by atoms with Gasteiger partial charge in [0, 0.05) is 26.1 Å². The highest BCUT2D eigenvalue weighted by atomic mass is 35.5. The molecule has 0 spiro atoms. The second kappa shape index (κ2) is 6.84. The Morgan fingerprint density at radius 3 is 2.71 bits per heavy atom. The number of rotatable bonds is 5. The van der Waals surface area contributed by atoms with E-state index in [1.807, 2.05) is 19.1 Å². The van der Waals surface area contributed by atoms with Gasteiger partial charge < -0.3 is 10.6 Å². The van der Waals surface area contributed by atoms with Crippen LogP contribution in [-0.2, 0) is 4.79 Å². The highest BCUT2D eigenvalue weighted by molar-refractivity contribution is 6.42. The summed E-state index contributed by atoms with van der Waals surface area (Å²) in [7, 11) is 0. The van der Waals surface area contributed by atoms with Crippen LogP contribution in [0.15, 0.2) is 18.2 Å². The van der Waals surface area contributed by atoms with E-state index in [2.05, 4.69) is 10.6 Å². The molecule has 2 N–H and O–H groups in total. The lowest BCUT2D eigenvalue weighted by molar-refractivity contribution is -0.118. The van der Waals surface area contributed by atoms with Crippen LogP contribution in [0.2, 0.25) is 10.0 Å². The lowest BCUT2D eigenvalue weighted by Crippen LogP contribution is -2.31. The Bertz CT molecular complexity index is 396. The van der Waals surface area contributed by atoms with Gasteiger partial charge in [0.15, 0.2) is 0 Å². The molecule has 1 rings (SSSR count). The first-order chi connectivity index (χ1) is 8.02. The topological polar surface area (TPSA) is 41.1 Å². The first-order valence-electron chi connectivity index (χ1n) is 5.44. The normalized spacial score (nSPS) is 12.2. The Morgan fingerprint density at radius 2 is 2.06 bits per heavy atom. The maximum absolute atomic E-state index is 10.7. The van der Waals surface area contributed by atoms with E-state index >= 15 is 0 Å². The summed E-state index contributed by atoms with van der Waals surface area (Å²) in [6, 6.07) is 5.66. The summed E-state index contributed by atoms with van der Waals surface area (Å²) in [6.07, 6.45) is 0. The Morgan fingerprint density at radius 1 is 1.35 bits per heavy atom. The summed E-state index contributed by atoms with van der Waals surface area (Å²) in [5.41, 5.74) is 0.960. The Hall–Kier alpha value is -0.770. The number of carbonyl (C=O) groups excluding carboxylic acids is 1. The minimum atomic E-state index is -0.0276. The Labute approximate surface area is 111 Å². The predicted octanol–water partition coefficient (Wildman–Crippen LogP) is 2.78. The molecular weight excluding hydrogens is 259 g/mol. The molecule has 0 aliphatic heterocycles. The number of amides is 1. The van der Waals surface area contributed by atoms with Gasteiger partial charge in [-0.1, -0.05) is 35.3 Å². The molecule has 1 amide bonds. The van der Waals surface area contributed by atoms with Crippen LogP contribution in [0.1, 0.15) is 25.5 Å². The van der Waals surface area contributed by atoms with Gasteiger partial charge in [0.25, 0.3) is 0 Å². The summed E-state index contributed by atoms with van der Waals surface area (Å²) in [5.74, 6) is -0.0276. The molecule has 0 saturated heterocycles. The quantitative estimate of drug-likeness (QED) is 0.811. The molecule has 0 fully saturated rings. The maximum Gasteiger partial charge on any atom is 0.216 e. The van der Waals surface area contributed by atoms with Crippen molar-refractivity contribution in [2.24, 2.45) is 0 Å². The second-order valence-corrected chi connectivity index (χ2v) is 4.59. The van der Waals surface area contributed by atoms with Crippen LogP contribution in [0.4, 0.5) is 0 Å². The maximum atomic E-state index is 10.7. The van der Waals surface area contributed by atoms with Gasteiger partial charge in [0.05, 0.1) is 10.0 Å². The molecule has 0 aliphatic rings. The molecule has 1 unspecified atom stereocenters. The number of nitrogens with one attached hydrogen (secondary N) is 2. The number of halogens is 2. The van der Waals surface area contributed by atoms with Crippen molar-refractivity contribution in [1.29, 1.82) is 0 Å². The minimum Gasteiger partial charge on any atom is -0.355 e. The fourth-order valence-corrected chi connectivity index (χ4v) is 1.96. The van der Waals surface area contributed by atoms with Crippen LogP contribution in [0.3, 0.4) is 0 Å². The highest BCUT2D eigenvalue weighted by Crippen LogP contribution is 2.29. The van der Waals surface area contributed by atoms with Crippen LogP contribution in [-0.4, -0.2) is 19.0 Å². The van der Waals surface area contributed by atoms with Gasteiger partial charge in [-0.15, -0.1) is 0 Å². The summed E-state index contributed by atoms with van der Waals surface area (Å²) >= 11 is 12.1. The van der Waals surface area contributed by atoms with Gasteiger partial charge in [0.2, 0.25) is 5.91 Å². The van der Waals surface area contributed by atoms with Gasteiger partial charge in [-0.05, 0) is 18.6 Å². The molecule has 5 heteroatoms. The van der Waals surface area contributed by atoms with E-state index in [-0.39, 0.29) is 11.9 Å². The molecule has 3 nitrogen and oxygen atoms in total. The van der Waals surface area contributed by atoms with Crippen LogP contribution in [0.5, 0.6) is 0 Å². The lowest BCUT2D eigenvalue weighted by atomic mass is 10.1. The number of hydrogen-bond donors (Lipinski definition) is 2. The van der Waals surface area contributed by atoms with Crippen molar-refractivity contribution in [3.05, 3.63) is 33.8 Å². The van der Waals surface area contributed by atoms with Gasteiger partial charge >= 0.3 is 0 Å². The summed E-state index contributed by atoms with van der Waals surface area (Å²) in [6.45, 7) is 4.78. The van der Waals surface area contributed by atoms with E-state index in [0.717, 1.165) is 5.56 Å². The van der Waals surface area contributed by atoms with Crippen molar-refractivity contribution in [3.8, 4) is 0 Å². The third kappa shape index (κ3) is 4.54. The molecule has 17 heavy (non-hydrogen) atoms. The van der Waals surface area contributed by atoms with E-state index in [9.17, 15) is 4.79 Å². The molecule has 0 aliphatic carbocycles. The second-order valence-electron chi connectivity index (χ2n) is 3.80.